The average molecular weight is 348 g/mol. The van der Waals surface area contributed by atoms with Crippen molar-refractivity contribution in [3.63, 3.8) is 0 Å². The molecule has 1 N–H and O–H groups in total. The van der Waals surface area contributed by atoms with Gasteiger partial charge in [-0.15, -0.1) is 0 Å². The van der Waals surface area contributed by atoms with Gasteiger partial charge in [-0.1, -0.05) is 18.2 Å². The van der Waals surface area contributed by atoms with Crippen molar-refractivity contribution in [2.45, 2.75) is 26.4 Å². The third kappa shape index (κ3) is 5.00. The molecule has 0 aliphatic carbocycles. The summed E-state index contributed by atoms with van der Waals surface area (Å²) in [6.45, 7) is 4.27. The highest BCUT2D eigenvalue weighted by Gasteiger charge is 2.20. The summed E-state index contributed by atoms with van der Waals surface area (Å²) in [5.41, 5.74) is 0.917. The summed E-state index contributed by atoms with van der Waals surface area (Å²) >= 11 is 0. The number of likely N-dealkylation sites (N-methyl/N-ethyl adjacent to an activating group) is 1. The van der Waals surface area contributed by atoms with Crippen molar-refractivity contribution in [3.05, 3.63) is 59.7 Å². The minimum Gasteiger partial charge on any atom is -0.492 e. The normalized spacial score (nSPS) is 12.1. The van der Waals surface area contributed by atoms with E-state index in [4.69, 9.17) is 4.74 Å². The molecule has 0 spiro atoms. The van der Waals surface area contributed by atoms with Gasteiger partial charge in [-0.2, -0.15) is 0 Å². The highest BCUT2D eigenvalue weighted by Crippen LogP contribution is 2.24. The van der Waals surface area contributed by atoms with E-state index in [0.29, 0.717) is 23.6 Å². The molecule has 2 aromatic rings. The Kier molecular flexibility index (Phi) is 6.47. The molecule has 0 bridgehead atoms. The van der Waals surface area contributed by atoms with Gasteiger partial charge in [-0.25, -0.2) is 8.78 Å². The number of ether oxygens (including phenoxy) is 1. The second-order valence-corrected chi connectivity index (χ2v) is 5.75. The molecule has 0 aliphatic heterocycles. The number of rotatable bonds is 7. The third-order valence-corrected chi connectivity index (χ3v) is 3.92. The molecule has 4 nitrogen and oxygen atoms in total. The molecule has 134 valence electrons. The number of hydrogen-bond donors (Lipinski definition) is 1. The Hall–Kier alpha value is -2.47. The van der Waals surface area contributed by atoms with Gasteiger partial charge in [0.1, 0.15) is 17.4 Å². The van der Waals surface area contributed by atoms with Crippen LogP contribution in [-0.4, -0.2) is 30.5 Å². The molecule has 1 atom stereocenters. The van der Waals surface area contributed by atoms with E-state index in [1.807, 2.05) is 13.0 Å². The van der Waals surface area contributed by atoms with Crippen LogP contribution in [-0.2, 0) is 11.3 Å². The Morgan fingerprint density at radius 2 is 1.96 bits per heavy atom. The first-order valence-electron chi connectivity index (χ1n) is 8.09. The van der Waals surface area contributed by atoms with Gasteiger partial charge in [0, 0.05) is 18.2 Å². The predicted molar refractivity (Wildman–Crippen MR) is 93.5 cm³/mol. The van der Waals surface area contributed by atoms with Gasteiger partial charge in [-0.3, -0.25) is 9.69 Å². The van der Waals surface area contributed by atoms with Crippen molar-refractivity contribution in [2.75, 3.05) is 19.0 Å². The highest BCUT2D eigenvalue weighted by molar-refractivity contribution is 5.95. The number of halogens is 2. The smallest absolute Gasteiger partial charge is 0.241 e. The number of benzene rings is 2. The summed E-state index contributed by atoms with van der Waals surface area (Å²) in [4.78, 5) is 14.2. The standard InChI is InChI=1S/C19H22F2N2O2/c1-4-25-18-8-6-5-7-17(18)22-19(24)13(2)23(3)12-14-9-10-15(20)11-16(14)21/h5-11,13H,4,12H2,1-3H3,(H,22,24). The maximum absolute atomic E-state index is 13.8. The lowest BCUT2D eigenvalue weighted by Gasteiger charge is -2.24. The van der Waals surface area contributed by atoms with Gasteiger partial charge < -0.3 is 10.1 Å². The molecule has 0 radical (unpaired) electrons. The summed E-state index contributed by atoms with van der Waals surface area (Å²) < 4.78 is 32.2. The van der Waals surface area contributed by atoms with E-state index in [-0.39, 0.29) is 12.5 Å². The van der Waals surface area contributed by atoms with Crippen LogP contribution in [0.2, 0.25) is 0 Å². The van der Waals surface area contributed by atoms with Crippen LogP contribution in [0.1, 0.15) is 19.4 Å². The molecule has 6 heteroatoms. The minimum atomic E-state index is -0.624. The van der Waals surface area contributed by atoms with E-state index in [2.05, 4.69) is 5.32 Å². The molecule has 0 aromatic heterocycles. The summed E-state index contributed by atoms with van der Waals surface area (Å²) in [5, 5.41) is 2.83. The zero-order valence-corrected chi connectivity index (χ0v) is 14.6. The van der Waals surface area contributed by atoms with Gasteiger partial charge in [0.25, 0.3) is 0 Å². The Labute approximate surface area is 146 Å². The molecule has 2 aromatic carbocycles. The van der Waals surface area contributed by atoms with E-state index in [1.165, 1.54) is 12.1 Å². The average Bonchev–Trinajstić information content (AvgIpc) is 2.58. The number of para-hydroxylation sites is 2. The van der Waals surface area contributed by atoms with E-state index in [1.54, 1.807) is 37.1 Å². The van der Waals surface area contributed by atoms with Gasteiger partial charge in [0.2, 0.25) is 5.91 Å². The number of carbonyl (C=O) groups is 1. The summed E-state index contributed by atoms with van der Waals surface area (Å²) in [5.74, 6) is -0.890. The molecule has 2 rings (SSSR count). The van der Waals surface area contributed by atoms with Crippen LogP contribution in [0, 0.1) is 11.6 Å². The Morgan fingerprint density at radius 3 is 2.64 bits per heavy atom. The first kappa shape index (κ1) is 18.9. The van der Waals surface area contributed by atoms with E-state index < -0.39 is 17.7 Å². The van der Waals surface area contributed by atoms with Gasteiger partial charge in [0.15, 0.2) is 0 Å². The predicted octanol–water partition coefficient (Wildman–Crippen LogP) is 3.82. The summed E-state index contributed by atoms with van der Waals surface area (Å²) in [6.07, 6.45) is 0. The summed E-state index contributed by atoms with van der Waals surface area (Å²) in [6, 6.07) is 10.1. The van der Waals surface area contributed by atoms with Crippen LogP contribution in [0.3, 0.4) is 0 Å². The Balaban J connectivity index is 2.04. The van der Waals surface area contributed by atoms with Crippen molar-refractivity contribution in [1.29, 1.82) is 0 Å². The second kappa shape index (κ2) is 8.58. The van der Waals surface area contributed by atoms with Crippen molar-refractivity contribution in [2.24, 2.45) is 0 Å². The largest absolute Gasteiger partial charge is 0.492 e. The molecule has 1 unspecified atom stereocenters. The van der Waals surface area contributed by atoms with Crippen LogP contribution in [0.15, 0.2) is 42.5 Å². The lowest BCUT2D eigenvalue weighted by molar-refractivity contribution is -0.120. The molecular formula is C19H22F2N2O2. The third-order valence-electron chi connectivity index (χ3n) is 3.92. The van der Waals surface area contributed by atoms with E-state index in [0.717, 1.165) is 6.07 Å². The van der Waals surface area contributed by atoms with Gasteiger partial charge in [-0.05, 0) is 39.1 Å². The molecule has 0 saturated carbocycles. The Morgan fingerprint density at radius 1 is 1.24 bits per heavy atom. The molecule has 25 heavy (non-hydrogen) atoms. The first-order chi connectivity index (χ1) is 11.9. The number of nitrogens with one attached hydrogen (secondary N) is 1. The highest BCUT2D eigenvalue weighted by atomic mass is 19.1. The lowest BCUT2D eigenvalue weighted by atomic mass is 10.1. The van der Waals surface area contributed by atoms with Crippen molar-refractivity contribution >= 4 is 11.6 Å². The van der Waals surface area contributed by atoms with Crippen LogP contribution >= 0.6 is 0 Å². The molecule has 1 amide bonds. The van der Waals surface area contributed by atoms with Crippen LogP contribution < -0.4 is 10.1 Å². The number of hydrogen-bond acceptors (Lipinski definition) is 3. The fraction of sp³-hybridized carbons (Fsp3) is 0.316. The summed E-state index contributed by atoms with van der Waals surface area (Å²) in [7, 11) is 1.71. The van der Waals surface area contributed by atoms with Gasteiger partial charge in [0.05, 0.1) is 18.3 Å². The van der Waals surface area contributed by atoms with Crippen molar-refractivity contribution < 1.29 is 18.3 Å². The molecule has 0 aliphatic rings. The van der Waals surface area contributed by atoms with Crippen molar-refractivity contribution in [3.8, 4) is 5.75 Å². The SMILES string of the molecule is CCOc1ccccc1NC(=O)C(C)N(C)Cc1ccc(F)cc1F. The topological polar surface area (TPSA) is 41.6 Å². The second-order valence-electron chi connectivity index (χ2n) is 5.75. The zero-order valence-electron chi connectivity index (χ0n) is 14.6. The number of carbonyl (C=O) groups excluding carboxylic acids is 1. The maximum Gasteiger partial charge on any atom is 0.241 e. The van der Waals surface area contributed by atoms with Crippen molar-refractivity contribution in [1.82, 2.24) is 4.90 Å². The minimum absolute atomic E-state index is 0.188. The number of anilines is 1. The lowest BCUT2D eigenvalue weighted by Crippen LogP contribution is -2.39. The first-order valence-corrected chi connectivity index (χ1v) is 8.09. The zero-order chi connectivity index (χ0) is 18.4. The quantitative estimate of drug-likeness (QED) is 0.827. The molecular weight excluding hydrogens is 326 g/mol. The fourth-order valence-corrected chi connectivity index (χ4v) is 2.34. The molecule has 0 saturated heterocycles. The number of nitrogens with zero attached hydrogens (tertiary/aromatic N) is 1. The maximum atomic E-state index is 13.8. The van der Waals surface area contributed by atoms with E-state index in [9.17, 15) is 13.6 Å². The van der Waals surface area contributed by atoms with Crippen LogP contribution in [0.4, 0.5) is 14.5 Å². The monoisotopic (exact) mass is 348 g/mol. The molecule has 0 fully saturated rings. The van der Waals surface area contributed by atoms with Gasteiger partial charge >= 0.3 is 0 Å². The van der Waals surface area contributed by atoms with E-state index >= 15 is 0 Å². The van der Waals surface area contributed by atoms with Crippen LogP contribution in [0.25, 0.3) is 0 Å². The fourth-order valence-electron chi connectivity index (χ4n) is 2.34. The number of amides is 1. The molecule has 0 heterocycles. The Bertz CT molecular complexity index is 737. The van der Waals surface area contributed by atoms with Crippen LogP contribution in [0.5, 0.6) is 5.75 Å².